The number of hydrogen-bond donors (Lipinski definition) is 3. The van der Waals surface area contributed by atoms with E-state index in [1.165, 1.54) is 6.33 Å². The van der Waals surface area contributed by atoms with Gasteiger partial charge in [-0.3, -0.25) is 9.69 Å². The fourth-order valence-electron chi connectivity index (χ4n) is 4.01. The second-order valence-electron chi connectivity index (χ2n) is 7.00. The smallest absolute Gasteiger partial charge is 0.325 e. The SMILES string of the molecule is O=C(O)C(c1c[nH]c2ccc(Cl)cc12)N1CCN(c2ncnc3nc[nH]c23)CC1. The summed E-state index contributed by atoms with van der Waals surface area (Å²) in [6.45, 7) is 2.48. The molecule has 1 atom stereocenters. The predicted octanol–water partition coefficient (Wildman–Crippen LogP) is 2.44. The molecule has 0 amide bonds. The number of carbonyl (C=O) groups is 1. The van der Waals surface area contributed by atoms with E-state index in [9.17, 15) is 9.90 Å². The number of nitrogens with one attached hydrogen (secondary N) is 2. The average molecular weight is 412 g/mol. The Balaban J connectivity index is 1.41. The van der Waals surface area contributed by atoms with Gasteiger partial charge in [0.15, 0.2) is 11.5 Å². The van der Waals surface area contributed by atoms with E-state index in [1.54, 1.807) is 18.6 Å². The van der Waals surface area contributed by atoms with Gasteiger partial charge in [0.2, 0.25) is 0 Å². The number of aliphatic carboxylic acids is 1. The molecule has 148 valence electrons. The molecule has 1 unspecified atom stereocenters. The van der Waals surface area contributed by atoms with Crippen LogP contribution >= 0.6 is 11.6 Å². The maximum Gasteiger partial charge on any atom is 0.325 e. The zero-order chi connectivity index (χ0) is 20.0. The van der Waals surface area contributed by atoms with Gasteiger partial charge in [0, 0.05) is 53.9 Å². The molecule has 5 rings (SSSR count). The molecule has 9 nitrogen and oxygen atoms in total. The number of piperazine rings is 1. The third kappa shape index (κ3) is 3.08. The van der Waals surface area contributed by atoms with Gasteiger partial charge in [0.05, 0.1) is 6.33 Å². The van der Waals surface area contributed by atoms with E-state index < -0.39 is 12.0 Å². The van der Waals surface area contributed by atoms with Crippen LogP contribution in [0.2, 0.25) is 5.02 Å². The highest BCUT2D eigenvalue weighted by molar-refractivity contribution is 6.31. The zero-order valence-electron chi connectivity index (χ0n) is 15.3. The van der Waals surface area contributed by atoms with Crippen LogP contribution in [0.4, 0.5) is 5.82 Å². The third-order valence-electron chi connectivity index (χ3n) is 5.39. The van der Waals surface area contributed by atoms with Crippen LogP contribution in [-0.2, 0) is 4.79 Å². The van der Waals surface area contributed by atoms with Crippen LogP contribution in [0.3, 0.4) is 0 Å². The normalized spacial score (nSPS) is 16.5. The molecule has 3 aromatic heterocycles. The van der Waals surface area contributed by atoms with Crippen molar-refractivity contribution in [2.24, 2.45) is 0 Å². The summed E-state index contributed by atoms with van der Waals surface area (Å²) < 4.78 is 0. The van der Waals surface area contributed by atoms with Crippen LogP contribution in [0.1, 0.15) is 11.6 Å². The molecule has 0 saturated carbocycles. The molecule has 4 aromatic rings. The van der Waals surface area contributed by atoms with Gasteiger partial charge >= 0.3 is 5.97 Å². The van der Waals surface area contributed by atoms with Crippen LogP contribution in [-0.4, -0.2) is 67.1 Å². The number of aromatic nitrogens is 5. The molecule has 1 aliphatic rings. The van der Waals surface area contributed by atoms with Gasteiger partial charge < -0.3 is 20.0 Å². The molecule has 0 radical (unpaired) electrons. The van der Waals surface area contributed by atoms with Crippen molar-refractivity contribution in [2.75, 3.05) is 31.1 Å². The quantitative estimate of drug-likeness (QED) is 0.472. The van der Waals surface area contributed by atoms with E-state index in [-0.39, 0.29) is 0 Å². The molecular formula is C19H18ClN7O2. The lowest BCUT2D eigenvalue weighted by Gasteiger charge is -2.38. The van der Waals surface area contributed by atoms with Crippen molar-refractivity contribution in [1.82, 2.24) is 29.8 Å². The number of benzene rings is 1. The fourth-order valence-corrected chi connectivity index (χ4v) is 4.18. The van der Waals surface area contributed by atoms with E-state index in [1.807, 2.05) is 17.0 Å². The van der Waals surface area contributed by atoms with Crippen molar-refractivity contribution >= 4 is 45.5 Å². The second-order valence-corrected chi connectivity index (χ2v) is 7.43. The molecule has 4 heterocycles. The first-order chi connectivity index (χ1) is 14.1. The molecule has 0 spiro atoms. The molecule has 0 aliphatic carbocycles. The van der Waals surface area contributed by atoms with Gasteiger partial charge in [-0.2, -0.15) is 0 Å². The number of halogens is 1. The van der Waals surface area contributed by atoms with Gasteiger partial charge in [-0.05, 0) is 18.2 Å². The van der Waals surface area contributed by atoms with Crippen LogP contribution < -0.4 is 4.90 Å². The molecule has 0 bridgehead atoms. The van der Waals surface area contributed by atoms with E-state index in [4.69, 9.17) is 11.6 Å². The minimum atomic E-state index is -0.877. The number of fused-ring (bicyclic) bond motifs is 2. The van der Waals surface area contributed by atoms with Gasteiger partial charge in [0.1, 0.15) is 17.9 Å². The highest BCUT2D eigenvalue weighted by Crippen LogP contribution is 2.32. The Morgan fingerprint density at radius 2 is 1.97 bits per heavy atom. The molecule has 3 N–H and O–H groups in total. The number of hydrogen-bond acceptors (Lipinski definition) is 6. The van der Waals surface area contributed by atoms with Crippen molar-refractivity contribution in [2.45, 2.75) is 6.04 Å². The van der Waals surface area contributed by atoms with Gasteiger partial charge in [0.25, 0.3) is 0 Å². The van der Waals surface area contributed by atoms with Crippen LogP contribution in [0.15, 0.2) is 37.1 Å². The number of carboxylic acids is 1. The molecule has 29 heavy (non-hydrogen) atoms. The number of H-pyrrole nitrogens is 2. The molecule has 1 aliphatic heterocycles. The summed E-state index contributed by atoms with van der Waals surface area (Å²) in [6.07, 6.45) is 4.87. The largest absolute Gasteiger partial charge is 0.480 e. The van der Waals surface area contributed by atoms with Gasteiger partial charge in [-0.15, -0.1) is 0 Å². The van der Waals surface area contributed by atoms with Crippen molar-refractivity contribution in [3.05, 3.63) is 47.6 Å². The number of carboxylic acid groups (broad SMARTS) is 1. The summed E-state index contributed by atoms with van der Waals surface area (Å²) in [6, 6.07) is 4.71. The van der Waals surface area contributed by atoms with Crippen molar-refractivity contribution < 1.29 is 9.90 Å². The monoisotopic (exact) mass is 411 g/mol. The molecule has 1 aromatic carbocycles. The topological polar surface area (TPSA) is 114 Å². The number of anilines is 1. The Morgan fingerprint density at radius 3 is 2.76 bits per heavy atom. The number of rotatable bonds is 4. The Labute approximate surface area is 170 Å². The Morgan fingerprint density at radius 1 is 1.14 bits per heavy atom. The number of aromatic amines is 2. The minimum absolute atomic E-state index is 0.583. The number of imidazole rings is 1. The summed E-state index contributed by atoms with van der Waals surface area (Å²) in [5.74, 6) is -0.0878. The third-order valence-corrected chi connectivity index (χ3v) is 5.62. The maximum atomic E-state index is 12.2. The summed E-state index contributed by atoms with van der Waals surface area (Å²) >= 11 is 6.14. The second kappa shape index (κ2) is 7.02. The van der Waals surface area contributed by atoms with Crippen LogP contribution in [0.25, 0.3) is 22.1 Å². The highest BCUT2D eigenvalue weighted by Gasteiger charge is 2.32. The summed E-state index contributed by atoms with van der Waals surface area (Å²) in [4.78, 5) is 35.3. The fraction of sp³-hybridized carbons (Fsp3) is 0.263. The molecule has 10 heteroatoms. The lowest BCUT2D eigenvalue weighted by molar-refractivity contribution is -0.143. The zero-order valence-corrected chi connectivity index (χ0v) is 16.1. The number of nitrogens with zero attached hydrogens (tertiary/aromatic N) is 5. The van der Waals surface area contributed by atoms with Gasteiger partial charge in [-0.1, -0.05) is 11.6 Å². The average Bonchev–Trinajstić information content (AvgIpc) is 3.35. The summed E-state index contributed by atoms with van der Waals surface area (Å²) in [5, 5.41) is 11.4. The Bertz CT molecular complexity index is 1200. The van der Waals surface area contributed by atoms with Crippen molar-refractivity contribution in [1.29, 1.82) is 0 Å². The van der Waals surface area contributed by atoms with Crippen LogP contribution in [0.5, 0.6) is 0 Å². The van der Waals surface area contributed by atoms with Crippen molar-refractivity contribution in [3.8, 4) is 0 Å². The summed E-state index contributed by atoms with van der Waals surface area (Å²) in [5.41, 5.74) is 3.01. The lowest BCUT2D eigenvalue weighted by atomic mass is 10.0. The first-order valence-electron chi connectivity index (χ1n) is 9.24. The molecular weight excluding hydrogens is 394 g/mol. The lowest BCUT2D eigenvalue weighted by Crippen LogP contribution is -2.49. The van der Waals surface area contributed by atoms with E-state index in [2.05, 4.69) is 29.8 Å². The van der Waals surface area contributed by atoms with E-state index in [0.717, 1.165) is 27.8 Å². The van der Waals surface area contributed by atoms with Gasteiger partial charge in [-0.25, -0.2) is 15.0 Å². The first-order valence-corrected chi connectivity index (χ1v) is 9.62. The molecule has 1 fully saturated rings. The Hall–Kier alpha value is -3.17. The van der Waals surface area contributed by atoms with E-state index in [0.29, 0.717) is 36.8 Å². The summed E-state index contributed by atoms with van der Waals surface area (Å²) in [7, 11) is 0. The minimum Gasteiger partial charge on any atom is -0.480 e. The van der Waals surface area contributed by atoms with Crippen LogP contribution in [0, 0.1) is 0 Å². The Kier molecular flexibility index (Phi) is 4.33. The highest BCUT2D eigenvalue weighted by atomic mass is 35.5. The standard InChI is InChI=1S/C19H18ClN7O2/c20-11-1-2-14-12(7-11)13(8-21-14)16(19(28)29)26-3-5-27(6-4-26)18-15-17(23-9-22-15)24-10-25-18/h1-2,7-10,16,21H,3-6H2,(H,28,29)(H,22,23,24,25). The predicted molar refractivity (Wildman–Crippen MR) is 109 cm³/mol. The maximum absolute atomic E-state index is 12.2. The molecule has 1 saturated heterocycles. The first kappa shape index (κ1) is 17.9. The van der Waals surface area contributed by atoms with Crippen molar-refractivity contribution in [3.63, 3.8) is 0 Å². The van der Waals surface area contributed by atoms with E-state index >= 15 is 0 Å².